The summed E-state index contributed by atoms with van der Waals surface area (Å²) >= 11 is 0. The number of methoxy groups -OCH3 is 1. The molecule has 1 unspecified atom stereocenters. The molecular formula is C26H33NO6S. The molecule has 4 rings (SSSR count). The Bertz CT molecular complexity index is 1070. The molecule has 34 heavy (non-hydrogen) atoms. The molecule has 1 saturated carbocycles. The van der Waals surface area contributed by atoms with Crippen LogP contribution in [0.3, 0.4) is 0 Å². The Kier molecular flexibility index (Phi) is 7.87. The van der Waals surface area contributed by atoms with Gasteiger partial charge in [-0.15, -0.1) is 0 Å². The average Bonchev–Trinajstić information content (AvgIpc) is 3.49. The second kappa shape index (κ2) is 10.7. The van der Waals surface area contributed by atoms with Crippen molar-refractivity contribution in [2.75, 3.05) is 20.5 Å². The highest BCUT2D eigenvalue weighted by Crippen LogP contribution is 2.39. The monoisotopic (exact) mass is 487 g/mol. The molecule has 8 heteroatoms. The SMILES string of the molecule is COCO[C@@H]1CC1/C=C(\[C@@H](NCc1ccccc1)[C@H]1COC(C)(C)O1)S(=O)(=O)c1ccccc1. The Balaban J connectivity index is 1.69. The van der Waals surface area contributed by atoms with E-state index in [1.807, 2.05) is 50.3 Å². The first-order valence-electron chi connectivity index (χ1n) is 11.5. The van der Waals surface area contributed by atoms with Crippen LogP contribution in [0.15, 0.2) is 76.5 Å². The summed E-state index contributed by atoms with van der Waals surface area (Å²) in [5.74, 6) is -0.803. The normalized spacial score (nSPS) is 25.3. The minimum atomic E-state index is -3.80. The fourth-order valence-corrected chi connectivity index (χ4v) is 5.85. The average molecular weight is 488 g/mol. The molecule has 7 nitrogen and oxygen atoms in total. The number of sulfone groups is 1. The highest BCUT2D eigenvalue weighted by atomic mass is 32.2. The topological polar surface area (TPSA) is 83.1 Å². The molecule has 2 aromatic carbocycles. The molecular weight excluding hydrogens is 454 g/mol. The highest BCUT2D eigenvalue weighted by Gasteiger charge is 2.44. The van der Waals surface area contributed by atoms with Gasteiger partial charge in [0.1, 0.15) is 12.9 Å². The van der Waals surface area contributed by atoms with Gasteiger partial charge in [-0.05, 0) is 38.0 Å². The fraction of sp³-hybridized carbons (Fsp3) is 0.462. The van der Waals surface area contributed by atoms with Crippen molar-refractivity contribution < 1.29 is 27.4 Å². The Hall–Kier alpha value is -2.07. The number of hydrogen-bond acceptors (Lipinski definition) is 7. The molecule has 0 amide bonds. The molecule has 0 bridgehead atoms. The third-order valence-corrected chi connectivity index (χ3v) is 7.90. The zero-order chi connectivity index (χ0) is 24.2. The summed E-state index contributed by atoms with van der Waals surface area (Å²) in [6.07, 6.45) is 2.05. The van der Waals surface area contributed by atoms with Crippen LogP contribution < -0.4 is 5.32 Å². The zero-order valence-corrected chi connectivity index (χ0v) is 20.7. The Morgan fingerprint density at radius 3 is 2.44 bits per heavy atom. The minimum absolute atomic E-state index is 0.0139. The summed E-state index contributed by atoms with van der Waals surface area (Å²) in [4.78, 5) is 0.537. The number of hydrogen-bond donors (Lipinski definition) is 1. The van der Waals surface area contributed by atoms with Gasteiger partial charge in [0.2, 0.25) is 9.84 Å². The van der Waals surface area contributed by atoms with E-state index in [0.717, 1.165) is 12.0 Å². The van der Waals surface area contributed by atoms with E-state index in [4.69, 9.17) is 18.9 Å². The quantitative estimate of drug-likeness (QED) is 0.484. The first-order chi connectivity index (χ1) is 16.3. The van der Waals surface area contributed by atoms with Gasteiger partial charge in [-0.1, -0.05) is 54.6 Å². The molecule has 1 N–H and O–H groups in total. The third kappa shape index (κ3) is 6.13. The smallest absolute Gasteiger partial charge is 0.204 e. The van der Waals surface area contributed by atoms with Crippen molar-refractivity contribution in [3.8, 4) is 0 Å². The van der Waals surface area contributed by atoms with Crippen LogP contribution in [0, 0.1) is 5.92 Å². The van der Waals surface area contributed by atoms with Crippen LogP contribution in [0.25, 0.3) is 0 Å². The summed E-state index contributed by atoms with van der Waals surface area (Å²) in [7, 11) is -2.23. The lowest BCUT2D eigenvalue weighted by Gasteiger charge is -2.28. The number of benzene rings is 2. The van der Waals surface area contributed by atoms with Crippen molar-refractivity contribution in [1.29, 1.82) is 0 Å². The predicted molar refractivity (Wildman–Crippen MR) is 129 cm³/mol. The van der Waals surface area contributed by atoms with Crippen molar-refractivity contribution in [3.63, 3.8) is 0 Å². The van der Waals surface area contributed by atoms with Gasteiger partial charge in [0.15, 0.2) is 5.79 Å². The van der Waals surface area contributed by atoms with E-state index in [1.165, 1.54) is 0 Å². The van der Waals surface area contributed by atoms with E-state index < -0.39 is 27.8 Å². The van der Waals surface area contributed by atoms with Crippen molar-refractivity contribution in [2.45, 2.75) is 55.7 Å². The lowest BCUT2D eigenvalue weighted by atomic mass is 10.1. The Morgan fingerprint density at radius 2 is 1.82 bits per heavy atom. The van der Waals surface area contributed by atoms with E-state index in [9.17, 15) is 8.42 Å². The molecule has 2 fully saturated rings. The van der Waals surface area contributed by atoms with Gasteiger partial charge < -0.3 is 24.3 Å². The first kappa shape index (κ1) is 25.0. The maximum absolute atomic E-state index is 13.9. The second-order valence-corrected chi connectivity index (χ2v) is 11.1. The molecule has 2 aliphatic rings. The molecule has 1 heterocycles. The van der Waals surface area contributed by atoms with Crippen LogP contribution in [0.2, 0.25) is 0 Å². The molecule has 1 saturated heterocycles. The van der Waals surface area contributed by atoms with Gasteiger partial charge in [-0.3, -0.25) is 0 Å². The van der Waals surface area contributed by atoms with E-state index in [-0.39, 0.29) is 35.2 Å². The van der Waals surface area contributed by atoms with Gasteiger partial charge in [0.25, 0.3) is 0 Å². The van der Waals surface area contributed by atoms with Gasteiger partial charge in [-0.2, -0.15) is 0 Å². The predicted octanol–water partition coefficient (Wildman–Crippen LogP) is 3.66. The van der Waals surface area contributed by atoms with E-state index in [1.54, 1.807) is 37.4 Å². The molecule has 4 atom stereocenters. The molecule has 0 spiro atoms. The van der Waals surface area contributed by atoms with Gasteiger partial charge in [0, 0.05) is 19.6 Å². The van der Waals surface area contributed by atoms with Crippen LogP contribution >= 0.6 is 0 Å². The van der Waals surface area contributed by atoms with Crippen LogP contribution in [-0.2, 0) is 35.3 Å². The molecule has 184 valence electrons. The molecule has 1 aliphatic carbocycles. The largest absolute Gasteiger partial charge is 0.359 e. The van der Waals surface area contributed by atoms with E-state index >= 15 is 0 Å². The maximum Gasteiger partial charge on any atom is 0.204 e. The Morgan fingerprint density at radius 1 is 1.15 bits per heavy atom. The second-order valence-electron chi connectivity index (χ2n) is 9.11. The van der Waals surface area contributed by atoms with Crippen molar-refractivity contribution in [3.05, 3.63) is 77.2 Å². The summed E-state index contributed by atoms with van der Waals surface area (Å²) < 4.78 is 50.5. The van der Waals surface area contributed by atoms with Gasteiger partial charge in [-0.25, -0.2) is 8.42 Å². The first-order valence-corrected chi connectivity index (χ1v) is 13.0. The minimum Gasteiger partial charge on any atom is -0.359 e. The number of rotatable bonds is 11. The summed E-state index contributed by atoms with van der Waals surface area (Å²) in [6, 6.07) is 17.8. The standard InChI is InChI=1S/C26H33NO6S/c1-26(2)32-17-23(33-26)25(27-16-19-10-6-4-7-11-19)24(15-20-14-22(20)31-18-30-3)34(28,29)21-12-8-5-9-13-21/h4-13,15,20,22-23,25,27H,14,16-18H2,1-3H3/b24-15+/t20?,22-,23-,25+/m1/s1. The van der Waals surface area contributed by atoms with Crippen LogP contribution in [0.1, 0.15) is 25.8 Å². The van der Waals surface area contributed by atoms with Gasteiger partial charge in [0.05, 0.1) is 28.6 Å². The molecule has 1 aliphatic heterocycles. The van der Waals surface area contributed by atoms with Gasteiger partial charge >= 0.3 is 0 Å². The summed E-state index contributed by atoms with van der Waals surface area (Å²) in [5, 5.41) is 3.46. The van der Waals surface area contributed by atoms with Crippen molar-refractivity contribution >= 4 is 9.84 Å². The number of nitrogens with one attached hydrogen (secondary N) is 1. The third-order valence-electron chi connectivity index (χ3n) is 6.00. The fourth-order valence-electron chi connectivity index (χ4n) is 4.14. The Labute approximate surface area is 202 Å². The summed E-state index contributed by atoms with van der Waals surface area (Å²) in [5.41, 5.74) is 1.05. The lowest BCUT2D eigenvalue weighted by molar-refractivity contribution is -0.140. The van der Waals surface area contributed by atoms with E-state index in [0.29, 0.717) is 6.54 Å². The lowest BCUT2D eigenvalue weighted by Crippen LogP contribution is -2.45. The highest BCUT2D eigenvalue weighted by molar-refractivity contribution is 7.95. The van der Waals surface area contributed by atoms with Crippen LogP contribution in [-0.4, -0.2) is 53.0 Å². The van der Waals surface area contributed by atoms with Crippen molar-refractivity contribution in [2.24, 2.45) is 5.92 Å². The molecule has 0 radical (unpaired) electrons. The molecule has 0 aromatic heterocycles. The summed E-state index contributed by atoms with van der Waals surface area (Å²) in [6.45, 7) is 4.63. The van der Waals surface area contributed by atoms with Crippen molar-refractivity contribution in [1.82, 2.24) is 5.32 Å². The zero-order valence-electron chi connectivity index (χ0n) is 19.8. The maximum atomic E-state index is 13.9. The van der Waals surface area contributed by atoms with E-state index in [2.05, 4.69) is 5.32 Å². The van der Waals surface area contributed by atoms with Crippen LogP contribution in [0.5, 0.6) is 0 Å². The number of ether oxygens (including phenoxy) is 4. The molecule has 2 aromatic rings. The van der Waals surface area contributed by atoms with Crippen LogP contribution in [0.4, 0.5) is 0 Å².